The van der Waals surface area contributed by atoms with Gasteiger partial charge in [0.05, 0.1) is 12.3 Å². The molecule has 0 bridgehead atoms. The third-order valence-electron chi connectivity index (χ3n) is 4.05. The third-order valence-corrected chi connectivity index (χ3v) is 5.98. The Kier molecular flexibility index (Phi) is 5.83. The Labute approximate surface area is 142 Å². The normalized spacial score (nSPS) is 16.6. The second-order valence-corrected chi connectivity index (χ2v) is 7.69. The van der Waals surface area contributed by atoms with Gasteiger partial charge in [0, 0.05) is 45.3 Å². The first kappa shape index (κ1) is 18.7. The lowest BCUT2D eigenvalue weighted by atomic mass is 10.2. The van der Waals surface area contributed by atoms with Crippen LogP contribution in [0.4, 0.5) is 4.79 Å². The van der Waals surface area contributed by atoms with Crippen molar-refractivity contribution in [3.63, 3.8) is 0 Å². The summed E-state index contributed by atoms with van der Waals surface area (Å²) in [6, 6.07) is 0. The van der Waals surface area contributed by atoms with Gasteiger partial charge >= 0.3 is 6.09 Å². The molecule has 1 aliphatic heterocycles. The second kappa shape index (κ2) is 7.49. The molecule has 2 rings (SSSR count). The average molecular weight is 360 g/mol. The molecule has 9 nitrogen and oxygen atoms in total. The van der Waals surface area contributed by atoms with Crippen LogP contribution in [-0.4, -0.2) is 73.0 Å². The van der Waals surface area contributed by atoms with Gasteiger partial charge in [-0.25, -0.2) is 4.79 Å². The largest absolute Gasteiger partial charge is 0.450 e. The van der Waals surface area contributed by atoms with E-state index in [1.165, 1.54) is 20.6 Å². The standard InChI is InChI=1S/C14H24N4O5S/c1-5-22-14(19)17-6-8-18(9-7-17)24(20,21)16(4)10-13-11(2)15-23-12(13)3/h5-10H2,1-4H3. The van der Waals surface area contributed by atoms with E-state index < -0.39 is 16.3 Å². The van der Waals surface area contributed by atoms with Gasteiger partial charge in [-0.05, 0) is 20.8 Å². The summed E-state index contributed by atoms with van der Waals surface area (Å²) in [6.07, 6.45) is -0.404. The Hall–Kier alpha value is -1.65. The highest BCUT2D eigenvalue weighted by atomic mass is 32.2. The van der Waals surface area contributed by atoms with Gasteiger partial charge in [-0.2, -0.15) is 17.0 Å². The average Bonchev–Trinajstić information content (AvgIpc) is 2.87. The Morgan fingerprint density at radius 2 is 1.92 bits per heavy atom. The molecule has 0 spiro atoms. The van der Waals surface area contributed by atoms with Gasteiger partial charge in [0.25, 0.3) is 10.2 Å². The number of rotatable bonds is 5. The molecule has 1 aromatic rings. The van der Waals surface area contributed by atoms with E-state index in [1.54, 1.807) is 20.8 Å². The number of aromatic nitrogens is 1. The number of aryl methyl sites for hydroxylation is 2. The van der Waals surface area contributed by atoms with Crippen molar-refractivity contribution in [2.75, 3.05) is 39.8 Å². The summed E-state index contributed by atoms with van der Waals surface area (Å²) >= 11 is 0. The van der Waals surface area contributed by atoms with Gasteiger partial charge in [-0.1, -0.05) is 5.16 Å². The Bertz CT molecular complexity index is 660. The predicted octanol–water partition coefficient (Wildman–Crippen LogP) is 0.742. The van der Waals surface area contributed by atoms with Crippen LogP contribution < -0.4 is 0 Å². The van der Waals surface area contributed by atoms with Crippen molar-refractivity contribution >= 4 is 16.3 Å². The number of nitrogens with zero attached hydrogens (tertiary/aromatic N) is 4. The van der Waals surface area contributed by atoms with E-state index in [-0.39, 0.29) is 19.6 Å². The SMILES string of the molecule is CCOC(=O)N1CCN(S(=O)(=O)N(C)Cc2c(C)noc2C)CC1. The number of piperazine rings is 1. The zero-order valence-corrected chi connectivity index (χ0v) is 15.3. The van der Waals surface area contributed by atoms with E-state index in [4.69, 9.17) is 9.26 Å². The summed E-state index contributed by atoms with van der Waals surface area (Å²) in [4.78, 5) is 13.2. The Morgan fingerprint density at radius 3 is 2.42 bits per heavy atom. The number of ether oxygens (including phenoxy) is 1. The molecule has 0 aromatic carbocycles. The van der Waals surface area contributed by atoms with Crippen LogP contribution in [0.15, 0.2) is 4.52 Å². The fraction of sp³-hybridized carbons (Fsp3) is 0.714. The number of hydrogen-bond acceptors (Lipinski definition) is 6. The van der Waals surface area contributed by atoms with E-state index in [0.29, 0.717) is 31.2 Å². The van der Waals surface area contributed by atoms with Crippen LogP contribution in [0.3, 0.4) is 0 Å². The van der Waals surface area contributed by atoms with Gasteiger partial charge < -0.3 is 14.2 Å². The molecule has 136 valence electrons. The quantitative estimate of drug-likeness (QED) is 0.768. The predicted molar refractivity (Wildman–Crippen MR) is 86.5 cm³/mol. The molecule has 0 saturated carbocycles. The van der Waals surface area contributed by atoms with E-state index in [9.17, 15) is 13.2 Å². The van der Waals surface area contributed by atoms with Gasteiger partial charge in [0.15, 0.2) is 0 Å². The molecule has 2 heterocycles. The Morgan fingerprint density at radius 1 is 1.29 bits per heavy atom. The molecule has 1 amide bonds. The second-order valence-electron chi connectivity index (χ2n) is 5.65. The van der Waals surface area contributed by atoms with Crippen LogP contribution in [0.25, 0.3) is 0 Å². The molecular weight excluding hydrogens is 336 g/mol. The maximum Gasteiger partial charge on any atom is 0.409 e. The van der Waals surface area contributed by atoms with Gasteiger partial charge in [-0.15, -0.1) is 0 Å². The molecule has 1 aliphatic rings. The van der Waals surface area contributed by atoms with Crippen molar-refractivity contribution in [2.45, 2.75) is 27.3 Å². The van der Waals surface area contributed by atoms with Crippen molar-refractivity contribution in [1.82, 2.24) is 18.7 Å². The summed E-state index contributed by atoms with van der Waals surface area (Å²) in [5.41, 5.74) is 1.45. The van der Waals surface area contributed by atoms with Crippen LogP contribution in [0.5, 0.6) is 0 Å². The molecule has 1 fully saturated rings. The zero-order valence-electron chi connectivity index (χ0n) is 14.5. The van der Waals surface area contributed by atoms with E-state index in [0.717, 1.165) is 5.56 Å². The summed E-state index contributed by atoms with van der Waals surface area (Å²) in [6.45, 7) is 6.90. The lowest BCUT2D eigenvalue weighted by Crippen LogP contribution is -2.53. The first-order valence-corrected chi connectivity index (χ1v) is 9.22. The lowest BCUT2D eigenvalue weighted by Gasteiger charge is -2.35. The highest BCUT2D eigenvalue weighted by Gasteiger charge is 2.32. The first-order chi connectivity index (χ1) is 11.3. The molecule has 0 unspecified atom stereocenters. The maximum atomic E-state index is 12.7. The molecule has 0 aliphatic carbocycles. The van der Waals surface area contributed by atoms with Crippen LogP contribution in [-0.2, 0) is 21.5 Å². The minimum atomic E-state index is -3.61. The molecule has 0 N–H and O–H groups in total. The van der Waals surface area contributed by atoms with Gasteiger partial charge in [0.2, 0.25) is 0 Å². The third kappa shape index (κ3) is 3.87. The van der Waals surface area contributed by atoms with E-state index in [2.05, 4.69) is 5.16 Å². The number of hydrogen-bond donors (Lipinski definition) is 0. The molecular formula is C14H24N4O5S. The molecule has 0 atom stereocenters. The van der Waals surface area contributed by atoms with Crippen LogP contribution in [0, 0.1) is 13.8 Å². The molecule has 24 heavy (non-hydrogen) atoms. The van der Waals surface area contributed by atoms with Crippen molar-refractivity contribution in [3.8, 4) is 0 Å². The van der Waals surface area contributed by atoms with Crippen LogP contribution >= 0.6 is 0 Å². The fourth-order valence-corrected chi connectivity index (χ4v) is 3.86. The van der Waals surface area contributed by atoms with Crippen LogP contribution in [0.2, 0.25) is 0 Å². The van der Waals surface area contributed by atoms with Crippen LogP contribution in [0.1, 0.15) is 23.9 Å². The first-order valence-electron chi connectivity index (χ1n) is 7.82. The minimum absolute atomic E-state index is 0.196. The fourth-order valence-electron chi connectivity index (χ4n) is 2.55. The summed E-state index contributed by atoms with van der Waals surface area (Å²) < 4.78 is 38.1. The summed E-state index contributed by atoms with van der Waals surface area (Å²) in [5, 5.41) is 3.84. The topological polar surface area (TPSA) is 96.2 Å². The van der Waals surface area contributed by atoms with Crippen molar-refractivity contribution < 1.29 is 22.5 Å². The van der Waals surface area contributed by atoms with E-state index in [1.807, 2.05) is 0 Å². The van der Waals surface area contributed by atoms with Gasteiger partial charge in [0.1, 0.15) is 5.76 Å². The monoisotopic (exact) mass is 360 g/mol. The van der Waals surface area contributed by atoms with Gasteiger partial charge in [-0.3, -0.25) is 0 Å². The molecule has 1 aromatic heterocycles. The van der Waals surface area contributed by atoms with Crippen molar-refractivity contribution in [3.05, 3.63) is 17.0 Å². The number of carbonyl (C=O) groups is 1. The molecule has 1 saturated heterocycles. The summed E-state index contributed by atoms with van der Waals surface area (Å²) in [7, 11) is -2.09. The smallest absolute Gasteiger partial charge is 0.409 e. The van der Waals surface area contributed by atoms with Crippen molar-refractivity contribution in [2.24, 2.45) is 0 Å². The number of amides is 1. The highest BCUT2D eigenvalue weighted by molar-refractivity contribution is 7.86. The van der Waals surface area contributed by atoms with Crippen molar-refractivity contribution in [1.29, 1.82) is 0 Å². The zero-order chi connectivity index (χ0) is 17.9. The maximum absolute atomic E-state index is 12.7. The Balaban J connectivity index is 1.99. The van der Waals surface area contributed by atoms with E-state index >= 15 is 0 Å². The highest BCUT2D eigenvalue weighted by Crippen LogP contribution is 2.18. The number of carbonyl (C=O) groups excluding carboxylic acids is 1. The summed E-state index contributed by atoms with van der Waals surface area (Å²) in [5.74, 6) is 0.613. The molecule has 0 radical (unpaired) electrons. The molecule has 10 heteroatoms. The minimum Gasteiger partial charge on any atom is -0.450 e. The lowest BCUT2D eigenvalue weighted by molar-refractivity contribution is 0.0925.